The first-order valence-electron chi connectivity index (χ1n) is 6.42. The van der Waals surface area contributed by atoms with Crippen molar-refractivity contribution in [2.75, 3.05) is 5.88 Å². The van der Waals surface area contributed by atoms with Gasteiger partial charge in [0.1, 0.15) is 5.82 Å². The van der Waals surface area contributed by atoms with Crippen LogP contribution in [0, 0.1) is 6.92 Å². The Morgan fingerprint density at radius 3 is 2.95 bits per heavy atom. The predicted molar refractivity (Wildman–Crippen MR) is 77.3 cm³/mol. The summed E-state index contributed by atoms with van der Waals surface area (Å²) < 4.78 is 2.15. The molecule has 0 bridgehead atoms. The van der Waals surface area contributed by atoms with Crippen LogP contribution in [0.2, 0.25) is 0 Å². The summed E-state index contributed by atoms with van der Waals surface area (Å²) in [6.45, 7) is 2.80. The first-order valence-corrected chi connectivity index (χ1v) is 6.95. The molecule has 2 N–H and O–H groups in total. The molecule has 0 saturated heterocycles. The van der Waals surface area contributed by atoms with Crippen molar-refractivity contribution in [1.29, 1.82) is 0 Å². The van der Waals surface area contributed by atoms with Crippen LogP contribution in [0.1, 0.15) is 24.2 Å². The predicted octanol–water partition coefficient (Wildman–Crippen LogP) is 2.39. The van der Waals surface area contributed by atoms with Crippen molar-refractivity contribution in [3.05, 3.63) is 29.6 Å². The lowest BCUT2D eigenvalue weighted by atomic mass is 10.2. The van der Waals surface area contributed by atoms with E-state index in [1.807, 2.05) is 12.1 Å². The van der Waals surface area contributed by atoms with Gasteiger partial charge in [-0.3, -0.25) is 4.79 Å². The highest BCUT2D eigenvalue weighted by molar-refractivity contribution is 6.17. The number of fused-ring (bicyclic) bond motifs is 1. The number of imidazole rings is 1. The molecule has 4 nitrogen and oxygen atoms in total. The van der Waals surface area contributed by atoms with E-state index >= 15 is 0 Å². The maximum Gasteiger partial charge on any atom is 0.217 e. The van der Waals surface area contributed by atoms with Gasteiger partial charge in [0.25, 0.3) is 0 Å². The van der Waals surface area contributed by atoms with Gasteiger partial charge in [-0.1, -0.05) is 6.07 Å². The molecule has 0 unspecified atom stereocenters. The number of amides is 1. The maximum atomic E-state index is 10.8. The van der Waals surface area contributed by atoms with Gasteiger partial charge < -0.3 is 10.3 Å². The number of carbonyl (C=O) groups excluding carboxylic acids is 1. The van der Waals surface area contributed by atoms with E-state index in [4.69, 9.17) is 17.3 Å². The summed E-state index contributed by atoms with van der Waals surface area (Å²) in [5, 5.41) is 0. The molecule has 1 heterocycles. The number of rotatable bonds is 6. The van der Waals surface area contributed by atoms with E-state index in [0.717, 1.165) is 36.2 Å². The van der Waals surface area contributed by atoms with Gasteiger partial charge in [-0.2, -0.15) is 0 Å². The van der Waals surface area contributed by atoms with E-state index in [1.54, 1.807) is 0 Å². The number of primary amides is 1. The Morgan fingerprint density at radius 2 is 2.26 bits per heavy atom. The second-order valence-corrected chi connectivity index (χ2v) is 5.06. The zero-order valence-corrected chi connectivity index (χ0v) is 11.8. The average Bonchev–Trinajstić information content (AvgIpc) is 2.67. The lowest BCUT2D eigenvalue weighted by Crippen LogP contribution is -2.12. The molecule has 0 aliphatic rings. The number of aryl methyl sites for hydroxylation is 3. The minimum absolute atomic E-state index is 0.264. The molecule has 0 aliphatic heterocycles. The second kappa shape index (κ2) is 6.06. The third-order valence-corrected chi connectivity index (χ3v) is 3.29. The summed E-state index contributed by atoms with van der Waals surface area (Å²) in [4.78, 5) is 15.4. The molecular weight excluding hydrogens is 262 g/mol. The van der Waals surface area contributed by atoms with Crippen LogP contribution in [0.5, 0.6) is 0 Å². The van der Waals surface area contributed by atoms with Gasteiger partial charge in [0.15, 0.2) is 0 Å². The molecule has 2 rings (SSSR count). The fourth-order valence-electron chi connectivity index (χ4n) is 2.22. The fraction of sp³-hybridized carbons (Fsp3) is 0.429. The van der Waals surface area contributed by atoms with Crippen molar-refractivity contribution in [3.63, 3.8) is 0 Å². The number of nitrogens with two attached hydrogens (primary N) is 1. The number of aromatic nitrogens is 2. The number of hydrogen-bond acceptors (Lipinski definition) is 2. The zero-order chi connectivity index (χ0) is 13.8. The summed E-state index contributed by atoms with van der Waals surface area (Å²) >= 11 is 5.82. The van der Waals surface area contributed by atoms with E-state index in [2.05, 4.69) is 22.5 Å². The zero-order valence-electron chi connectivity index (χ0n) is 11.0. The topological polar surface area (TPSA) is 60.9 Å². The monoisotopic (exact) mass is 279 g/mol. The number of hydrogen-bond donors (Lipinski definition) is 1. The Kier molecular flexibility index (Phi) is 4.43. The van der Waals surface area contributed by atoms with E-state index in [0.29, 0.717) is 12.3 Å². The summed E-state index contributed by atoms with van der Waals surface area (Å²) in [6.07, 6.45) is 1.85. The van der Waals surface area contributed by atoms with Crippen LogP contribution in [0.3, 0.4) is 0 Å². The Bertz CT molecular complexity index is 592. The van der Waals surface area contributed by atoms with Gasteiger partial charge in [-0.25, -0.2) is 4.98 Å². The second-order valence-electron chi connectivity index (χ2n) is 4.68. The van der Waals surface area contributed by atoms with Gasteiger partial charge in [0, 0.05) is 25.3 Å². The third-order valence-electron chi connectivity index (χ3n) is 3.11. The fourth-order valence-corrected chi connectivity index (χ4v) is 2.39. The van der Waals surface area contributed by atoms with E-state index in [1.165, 1.54) is 5.56 Å². The number of benzene rings is 1. The molecule has 0 saturated carbocycles. The summed E-state index contributed by atoms with van der Waals surface area (Å²) in [5.74, 6) is 1.25. The summed E-state index contributed by atoms with van der Waals surface area (Å²) in [7, 11) is 0. The van der Waals surface area contributed by atoms with Crippen molar-refractivity contribution < 1.29 is 4.79 Å². The maximum absolute atomic E-state index is 10.8. The van der Waals surface area contributed by atoms with Crippen LogP contribution in [0.15, 0.2) is 18.2 Å². The van der Waals surface area contributed by atoms with Crippen LogP contribution in [-0.4, -0.2) is 21.3 Å². The third kappa shape index (κ3) is 3.26. The molecule has 0 aliphatic carbocycles. The quantitative estimate of drug-likeness (QED) is 0.826. The number of halogens is 1. The highest BCUT2D eigenvalue weighted by Gasteiger charge is 2.10. The van der Waals surface area contributed by atoms with E-state index < -0.39 is 0 Å². The van der Waals surface area contributed by atoms with Gasteiger partial charge >= 0.3 is 0 Å². The Hall–Kier alpha value is -1.55. The largest absolute Gasteiger partial charge is 0.370 e. The van der Waals surface area contributed by atoms with Gasteiger partial charge in [-0.05, 0) is 31.0 Å². The van der Waals surface area contributed by atoms with Crippen LogP contribution in [-0.2, 0) is 17.8 Å². The van der Waals surface area contributed by atoms with Crippen molar-refractivity contribution >= 4 is 28.5 Å². The van der Waals surface area contributed by atoms with Crippen LogP contribution in [0.4, 0.5) is 0 Å². The van der Waals surface area contributed by atoms with Crippen LogP contribution < -0.4 is 5.73 Å². The van der Waals surface area contributed by atoms with E-state index in [-0.39, 0.29) is 5.91 Å². The number of carbonyl (C=O) groups is 1. The van der Waals surface area contributed by atoms with Gasteiger partial charge in [0.05, 0.1) is 11.0 Å². The van der Waals surface area contributed by atoms with Crippen molar-refractivity contribution in [3.8, 4) is 0 Å². The lowest BCUT2D eigenvalue weighted by Gasteiger charge is -2.08. The normalized spacial score (nSPS) is 11.1. The molecule has 5 heteroatoms. The van der Waals surface area contributed by atoms with Crippen molar-refractivity contribution in [2.45, 2.75) is 32.7 Å². The summed E-state index contributed by atoms with van der Waals surface area (Å²) in [6, 6.07) is 6.19. The molecule has 1 aromatic carbocycles. The van der Waals surface area contributed by atoms with Crippen LogP contribution in [0.25, 0.3) is 11.0 Å². The van der Waals surface area contributed by atoms with Gasteiger partial charge in [0.2, 0.25) is 5.91 Å². The average molecular weight is 280 g/mol. The molecule has 102 valence electrons. The minimum atomic E-state index is -0.264. The van der Waals surface area contributed by atoms with Crippen LogP contribution >= 0.6 is 11.6 Å². The molecular formula is C14H18ClN3O. The first-order chi connectivity index (χ1) is 9.11. The molecule has 1 amide bonds. The highest BCUT2D eigenvalue weighted by atomic mass is 35.5. The molecule has 0 atom stereocenters. The van der Waals surface area contributed by atoms with Gasteiger partial charge in [-0.15, -0.1) is 11.6 Å². The Morgan fingerprint density at radius 1 is 1.47 bits per heavy atom. The lowest BCUT2D eigenvalue weighted by molar-refractivity contribution is -0.118. The Labute approximate surface area is 117 Å². The number of nitrogens with zero attached hydrogens (tertiary/aromatic N) is 2. The molecule has 0 radical (unpaired) electrons. The van der Waals surface area contributed by atoms with E-state index in [9.17, 15) is 4.79 Å². The minimum Gasteiger partial charge on any atom is -0.370 e. The van der Waals surface area contributed by atoms with Crippen molar-refractivity contribution in [2.24, 2.45) is 5.73 Å². The standard InChI is InChI=1S/C14H18ClN3O/c1-10-4-5-11-12(9-10)18(8-2-3-13(16)19)14(17-11)6-7-15/h4-5,9H,2-3,6-8H2,1H3,(H2,16,19). The molecule has 2 aromatic rings. The highest BCUT2D eigenvalue weighted by Crippen LogP contribution is 2.19. The molecule has 19 heavy (non-hydrogen) atoms. The summed E-state index contributed by atoms with van der Waals surface area (Å²) in [5.41, 5.74) is 8.45. The smallest absolute Gasteiger partial charge is 0.217 e. The number of alkyl halides is 1. The first kappa shape index (κ1) is 13.9. The Balaban J connectivity index is 2.33. The SMILES string of the molecule is Cc1ccc2nc(CCCl)n(CCCC(N)=O)c2c1. The molecule has 0 spiro atoms. The molecule has 0 fully saturated rings. The van der Waals surface area contributed by atoms with Crippen molar-refractivity contribution in [1.82, 2.24) is 9.55 Å². The molecule has 1 aromatic heterocycles.